The molecule has 1 heterocycles. The van der Waals surface area contributed by atoms with Gasteiger partial charge in [-0.3, -0.25) is 0 Å². The molecule has 88 valence electrons. The Morgan fingerprint density at radius 2 is 2.19 bits per heavy atom. The van der Waals surface area contributed by atoms with Gasteiger partial charge in [-0.2, -0.15) is 0 Å². The van der Waals surface area contributed by atoms with Gasteiger partial charge >= 0.3 is 0 Å². The van der Waals surface area contributed by atoms with E-state index in [1.165, 1.54) is 4.91 Å². The molecule has 0 atom stereocenters. The number of anilines is 1. The number of nitrogen functional groups attached to an aromatic ring is 1. The van der Waals surface area contributed by atoms with Crippen molar-refractivity contribution in [3.8, 4) is 0 Å². The number of hydrogen-bond donors (Lipinski definition) is 1. The normalized spacial score (nSPS) is 12.2. The fraction of sp³-hybridized carbons (Fsp3) is 0.462. The second-order valence-corrected chi connectivity index (χ2v) is 5.04. The fourth-order valence-electron chi connectivity index (χ4n) is 1.64. The van der Waals surface area contributed by atoms with Crippen molar-refractivity contribution in [3.63, 3.8) is 0 Å². The third-order valence-corrected chi connectivity index (χ3v) is 3.24. The summed E-state index contributed by atoms with van der Waals surface area (Å²) in [4.78, 5) is 5.64. The highest BCUT2D eigenvalue weighted by molar-refractivity contribution is 8.07. The number of nitrogens with zero attached hydrogens (tertiary/aromatic N) is 1. The van der Waals surface area contributed by atoms with Gasteiger partial charge in [-0.05, 0) is 37.7 Å². The van der Waals surface area contributed by atoms with Gasteiger partial charge in [0, 0.05) is 16.2 Å². The first kappa shape index (κ1) is 13.1. The summed E-state index contributed by atoms with van der Waals surface area (Å²) < 4.78 is 0. The maximum Gasteiger partial charge on any atom is 0.132 e. The molecule has 0 amide bonds. The van der Waals surface area contributed by atoms with Crippen molar-refractivity contribution in [1.82, 2.24) is 4.98 Å². The molecule has 0 aromatic carbocycles. The third kappa shape index (κ3) is 3.27. The van der Waals surface area contributed by atoms with Gasteiger partial charge in [-0.25, -0.2) is 4.98 Å². The first-order valence-electron chi connectivity index (χ1n) is 5.54. The molecule has 0 radical (unpaired) electrons. The van der Waals surface area contributed by atoms with E-state index in [0.717, 1.165) is 17.7 Å². The van der Waals surface area contributed by atoms with Crippen molar-refractivity contribution in [3.05, 3.63) is 29.5 Å². The fourth-order valence-corrected chi connectivity index (χ4v) is 2.27. The lowest BCUT2D eigenvalue weighted by Gasteiger charge is -2.10. The van der Waals surface area contributed by atoms with Crippen LogP contribution in [0.2, 0.25) is 0 Å². The van der Waals surface area contributed by atoms with Crippen LogP contribution >= 0.6 is 11.8 Å². The van der Waals surface area contributed by atoms with Crippen molar-refractivity contribution in [2.75, 3.05) is 12.0 Å². The van der Waals surface area contributed by atoms with Crippen LogP contribution in [0.15, 0.2) is 18.2 Å². The standard InChI is InChI=1S/C13H20N2S/c1-5-12(16-4)11-7-6-10(8-9(2)3)15-13(11)14/h5-7,9H,8H2,1-4H3,(H2,14,15)/b12-5-. The van der Waals surface area contributed by atoms with Crippen LogP contribution in [0.5, 0.6) is 0 Å². The van der Waals surface area contributed by atoms with Gasteiger partial charge in [0.1, 0.15) is 5.82 Å². The zero-order chi connectivity index (χ0) is 12.1. The molecular weight excluding hydrogens is 216 g/mol. The van der Waals surface area contributed by atoms with E-state index in [1.54, 1.807) is 11.8 Å². The lowest BCUT2D eigenvalue weighted by Crippen LogP contribution is -2.02. The molecule has 3 heteroatoms. The monoisotopic (exact) mass is 236 g/mol. The highest BCUT2D eigenvalue weighted by Gasteiger charge is 2.07. The summed E-state index contributed by atoms with van der Waals surface area (Å²) in [6, 6.07) is 4.15. The Bertz CT molecular complexity index is 384. The van der Waals surface area contributed by atoms with Crippen molar-refractivity contribution >= 4 is 22.5 Å². The second-order valence-electron chi connectivity index (χ2n) is 4.19. The van der Waals surface area contributed by atoms with Gasteiger partial charge in [0.05, 0.1) is 0 Å². The van der Waals surface area contributed by atoms with Gasteiger partial charge < -0.3 is 5.73 Å². The number of nitrogens with two attached hydrogens (primary N) is 1. The molecule has 0 fully saturated rings. The highest BCUT2D eigenvalue weighted by Crippen LogP contribution is 2.28. The molecule has 1 aromatic rings. The minimum absolute atomic E-state index is 0.611. The molecule has 0 spiro atoms. The predicted molar refractivity (Wildman–Crippen MR) is 74.4 cm³/mol. The van der Waals surface area contributed by atoms with E-state index < -0.39 is 0 Å². The van der Waals surface area contributed by atoms with E-state index in [2.05, 4.69) is 43.3 Å². The van der Waals surface area contributed by atoms with Crippen molar-refractivity contribution in [1.29, 1.82) is 0 Å². The van der Waals surface area contributed by atoms with Crippen LogP contribution in [0.3, 0.4) is 0 Å². The number of rotatable bonds is 4. The molecule has 0 unspecified atom stereocenters. The van der Waals surface area contributed by atoms with E-state index in [9.17, 15) is 0 Å². The van der Waals surface area contributed by atoms with Crippen LogP contribution in [0.1, 0.15) is 32.0 Å². The average molecular weight is 236 g/mol. The Kier molecular flexibility index (Phi) is 4.87. The molecule has 0 saturated heterocycles. The molecule has 0 aliphatic carbocycles. The SMILES string of the molecule is C/C=C(\SC)c1ccc(CC(C)C)nc1N. The molecule has 0 aliphatic heterocycles. The van der Waals surface area contributed by atoms with Gasteiger partial charge in [0.15, 0.2) is 0 Å². The topological polar surface area (TPSA) is 38.9 Å². The Morgan fingerprint density at radius 1 is 1.50 bits per heavy atom. The molecule has 16 heavy (non-hydrogen) atoms. The number of thioether (sulfide) groups is 1. The zero-order valence-electron chi connectivity index (χ0n) is 10.4. The molecule has 2 N–H and O–H groups in total. The molecule has 1 rings (SSSR count). The van der Waals surface area contributed by atoms with Crippen LogP contribution in [0.25, 0.3) is 4.91 Å². The van der Waals surface area contributed by atoms with E-state index in [4.69, 9.17) is 5.73 Å². The van der Waals surface area contributed by atoms with Gasteiger partial charge in [0.25, 0.3) is 0 Å². The molecule has 2 nitrogen and oxygen atoms in total. The highest BCUT2D eigenvalue weighted by atomic mass is 32.2. The summed E-state index contributed by atoms with van der Waals surface area (Å²) in [5.74, 6) is 1.25. The summed E-state index contributed by atoms with van der Waals surface area (Å²) in [6.07, 6.45) is 5.10. The minimum atomic E-state index is 0.611. The van der Waals surface area contributed by atoms with E-state index in [0.29, 0.717) is 11.7 Å². The first-order chi connectivity index (χ1) is 7.58. The summed E-state index contributed by atoms with van der Waals surface area (Å²) in [5, 5.41) is 0. The van der Waals surface area contributed by atoms with Crippen molar-refractivity contribution in [2.45, 2.75) is 27.2 Å². The van der Waals surface area contributed by atoms with Crippen LogP contribution in [0.4, 0.5) is 5.82 Å². The summed E-state index contributed by atoms with van der Waals surface area (Å²) >= 11 is 1.70. The predicted octanol–water partition coefficient (Wildman–Crippen LogP) is 3.59. The maximum absolute atomic E-state index is 5.98. The number of pyridine rings is 1. The van der Waals surface area contributed by atoms with Crippen LogP contribution in [-0.4, -0.2) is 11.2 Å². The van der Waals surface area contributed by atoms with E-state index in [1.807, 2.05) is 6.92 Å². The summed E-state index contributed by atoms with van der Waals surface area (Å²) in [7, 11) is 0. The summed E-state index contributed by atoms with van der Waals surface area (Å²) in [6.45, 7) is 6.39. The number of aromatic nitrogens is 1. The first-order valence-corrected chi connectivity index (χ1v) is 6.77. The van der Waals surface area contributed by atoms with Gasteiger partial charge in [0.2, 0.25) is 0 Å². The van der Waals surface area contributed by atoms with Gasteiger partial charge in [-0.15, -0.1) is 11.8 Å². The molecule has 1 aromatic heterocycles. The van der Waals surface area contributed by atoms with Gasteiger partial charge in [-0.1, -0.05) is 19.9 Å². The molecule has 0 bridgehead atoms. The number of hydrogen-bond acceptors (Lipinski definition) is 3. The van der Waals surface area contributed by atoms with Crippen LogP contribution < -0.4 is 5.73 Å². The third-order valence-electron chi connectivity index (χ3n) is 2.35. The zero-order valence-corrected chi connectivity index (χ0v) is 11.3. The number of allylic oxidation sites excluding steroid dienone is 1. The van der Waals surface area contributed by atoms with Crippen molar-refractivity contribution in [2.24, 2.45) is 5.92 Å². The van der Waals surface area contributed by atoms with E-state index in [-0.39, 0.29) is 0 Å². The van der Waals surface area contributed by atoms with Crippen LogP contribution in [0, 0.1) is 5.92 Å². The lowest BCUT2D eigenvalue weighted by molar-refractivity contribution is 0.636. The van der Waals surface area contributed by atoms with Crippen LogP contribution in [-0.2, 0) is 6.42 Å². The Hall–Kier alpha value is -0.960. The Morgan fingerprint density at radius 3 is 2.62 bits per heavy atom. The smallest absolute Gasteiger partial charge is 0.132 e. The Balaban J connectivity index is 3.00. The Labute approximate surface area is 102 Å². The molecular formula is C13H20N2S. The quantitative estimate of drug-likeness (QED) is 0.868. The minimum Gasteiger partial charge on any atom is -0.383 e. The van der Waals surface area contributed by atoms with Crippen molar-refractivity contribution < 1.29 is 0 Å². The van der Waals surface area contributed by atoms with E-state index >= 15 is 0 Å². The molecule has 0 saturated carbocycles. The largest absolute Gasteiger partial charge is 0.383 e. The molecule has 0 aliphatic rings. The lowest BCUT2D eigenvalue weighted by atomic mass is 10.1. The maximum atomic E-state index is 5.98. The second kappa shape index (κ2) is 5.94. The summed E-state index contributed by atoms with van der Waals surface area (Å²) in [5.41, 5.74) is 8.10. The average Bonchev–Trinajstić information content (AvgIpc) is 2.21.